The summed E-state index contributed by atoms with van der Waals surface area (Å²) >= 11 is 0. The van der Waals surface area contributed by atoms with Crippen molar-refractivity contribution >= 4 is 28.7 Å². The monoisotopic (exact) mass is 360 g/mol. The van der Waals surface area contributed by atoms with Gasteiger partial charge in [0.25, 0.3) is 11.5 Å². The molecule has 0 spiro atoms. The lowest BCUT2D eigenvalue weighted by molar-refractivity contribution is -0.130. The fraction of sp³-hybridized carbons (Fsp3) is 0.353. The lowest BCUT2D eigenvalue weighted by Gasteiger charge is -2.20. The number of nitrogens with two attached hydrogens (primary N) is 1. The Labute approximate surface area is 149 Å². The Morgan fingerprint density at radius 1 is 1.23 bits per heavy atom. The van der Waals surface area contributed by atoms with Crippen molar-refractivity contribution < 1.29 is 19.1 Å². The number of imide groups is 1. The van der Waals surface area contributed by atoms with E-state index in [1.54, 1.807) is 45.0 Å². The van der Waals surface area contributed by atoms with Gasteiger partial charge in [-0.2, -0.15) is 5.10 Å². The predicted molar refractivity (Wildman–Crippen MR) is 93.4 cm³/mol. The van der Waals surface area contributed by atoms with Crippen LogP contribution in [0, 0.1) is 5.92 Å². The molecular formula is C17H20N4O5. The molecule has 0 aliphatic rings. The number of nitrogens with one attached hydrogen (secondary N) is 1. The molecule has 1 atom stereocenters. The molecule has 3 amide bonds. The molecule has 0 unspecified atom stereocenters. The van der Waals surface area contributed by atoms with Crippen molar-refractivity contribution in [1.29, 1.82) is 0 Å². The summed E-state index contributed by atoms with van der Waals surface area (Å²) in [7, 11) is 0. The van der Waals surface area contributed by atoms with E-state index in [-0.39, 0.29) is 17.8 Å². The van der Waals surface area contributed by atoms with Gasteiger partial charge in [0.1, 0.15) is 0 Å². The van der Waals surface area contributed by atoms with Gasteiger partial charge in [-0.15, -0.1) is 0 Å². The van der Waals surface area contributed by atoms with Crippen molar-refractivity contribution in [3.63, 3.8) is 0 Å². The number of amides is 3. The highest BCUT2D eigenvalue weighted by Crippen LogP contribution is 2.17. The van der Waals surface area contributed by atoms with E-state index in [9.17, 15) is 19.2 Å². The fourth-order valence-corrected chi connectivity index (χ4v) is 2.46. The molecule has 9 heteroatoms. The molecule has 0 radical (unpaired) electrons. The maximum absolute atomic E-state index is 12.6. The second-order valence-electron chi connectivity index (χ2n) is 5.94. The van der Waals surface area contributed by atoms with E-state index in [2.05, 4.69) is 5.10 Å². The summed E-state index contributed by atoms with van der Waals surface area (Å²) in [5.74, 6) is -2.11. The predicted octanol–water partition coefficient (Wildman–Crippen LogP) is 0.793. The summed E-state index contributed by atoms with van der Waals surface area (Å²) < 4.78 is 6.42. The van der Waals surface area contributed by atoms with Gasteiger partial charge in [0.05, 0.1) is 5.39 Å². The van der Waals surface area contributed by atoms with Crippen molar-refractivity contribution in [3.05, 3.63) is 40.3 Å². The average molecular weight is 360 g/mol. The highest BCUT2D eigenvalue weighted by molar-refractivity contribution is 6.03. The summed E-state index contributed by atoms with van der Waals surface area (Å²) in [4.78, 5) is 47.9. The van der Waals surface area contributed by atoms with Crippen LogP contribution in [0.4, 0.5) is 4.79 Å². The van der Waals surface area contributed by atoms with Gasteiger partial charge in [0.15, 0.2) is 11.8 Å². The molecule has 1 heterocycles. The Morgan fingerprint density at radius 3 is 2.38 bits per heavy atom. The molecule has 0 saturated carbocycles. The Morgan fingerprint density at radius 2 is 1.85 bits per heavy atom. The molecule has 1 aromatic heterocycles. The second-order valence-corrected chi connectivity index (χ2v) is 5.94. The minimum absolute atomic E-state index is 0.0837. The van der Waals surface area contributed by atoms with Gasteiger partial charge >= 0.3 is 12.0 Å². The van der Waals surface area contributed by atoms with Crippen molar-refractivity contribution in [1.82, 2.24) is 15.1 Å². The number of benzene rings is 1. The molecular weight excluding hydrogens is 340 g/mol. The van der Waals surface area contributed by atoms with Crippen LogP contribution in [0.1, 0.15) is 31.3 Å². The zero-order valence-electron chi connectivity index (χ0n) is 14.7. The fourth-order valence-electron chi connectivity index (χ4n) is 2.46. The number of rotatable bonds is 5. The zero-order valence-corrected chi connectivity index (χ0v) is 14.7. The van der Waals surface area contributed by atoms with Crippen molar-refractivity contribution in [2.24, 2.45) is 11.7 Å². The summed E-state index contributed by atoms with van der Waals surface area (Å²) in [6.07, 6.45) is -1.24. The van der Waals surface area contributed by atoms with Crippen LogP contribution < -0.4 is 16.6 Å². The first-order chi connectivity index (χ1) is 12.3. The lowest BCUT2D eigenvalue weighted by atomic mass is 10.1. The number of primary amides is 1. The van der Waals surface area contributed by atoms with E-state index in [0.717, 1.165) is 4.68 Å². The van der Waals surface area contributed by atoms with E-state index < -0.39 is 29.9 Å². The lowest BCUT2D eigenvalue weighted by Crippen LogP contribution is -2.45. The number of esters is 1. The Balaban J connectivity index is 2.45. The Kier molecular flexibility index (Phi) is 5.71. The molecule has 26 heavy (non-hydrogen) atoms. The van der Waals surface area contributed by atoms with Crippen LogP contribution in [0.3, 0.4) is 0 Å². The van der Waals surface area contributed by atoms with Crippen molar-refractivity contribution in [2.75, 3.05) is 0 Å². The van der Waals surface area contributed by atoms with Gasteiger partial charge in [-0.1, -0.05) is 32.0 Å². The molecule has 1 aromatic carbocycles. The Bertz CT molecular complexity index is 919. The number of carbonyl (C=O) groups is 3. The molecule has 0 bridgehead atoms. The summed E-state index contributed by atoms with van der Waals surface area (Å²) in [5, 5.41) is 6.60. The first kappa shape index (κ1) is 19.1. The molecule has 2 rings (SSSR count). The number of fused-ring (bicyclic) bond motifs is 1. The second kappa shape index (κ2) is 7.77. The number of carbonyl (C=O) groups excluding carboxylic acids is 3. The highest BCUT2D eigenvalue weighted by Gasteiger charge is 2.29. The van der Waals surface area contributed by atoms with Crippen LogP contribution in [0.25, 0.3) is 10.8 Å². The van der Waals surface area contributed by atoms with Crippen LogP contribution in [-0.4, -0.2) is 33.8 Å². The topological polar surface area (TPSA) is 133 Å². The van der Waals surface area contributed by atoms with Crippen molar-refractivity contribution in [2.45, 2.75) is 33.4 Å². The van der Waals surface area contributed by atoms with Gasteiger partial charge in [0, 0.05) is 11.9 Å². The molecule has 2 aromatic rings. The molecule has 9 nitrogen and oxygen atoms in total. The highest BCUT2D eigenvalue weighted by atomic mass is 16.5. The molecule has 0 saturated heterocycles. The van der Waals surface area contributed by atoms with Gasteiger partial charge in [-0.05, 0) is 18.9 Å². The largest absolute Gasteiger partial charge is 0.447 e. The van der Waals surface area contributed by atoms with Gasteiger partial charge < -0.3 is 10.5 Å². The molecule has 0 aliphatic carbocycles. The third kappa shape index (κ3) is 3.88. The normalized spacial score (nSPS) is 12.0. The van der Waals surface area contributed by atoms with E-state index in [0.29, 0.717) is 10.8 Å². The first-order valence-electron chi connectivity index (χ1n) is 8.07. The smallest absolute Gasteiger partial charge is 0.360 e. The van der Waals surface area contributed by atoms with Crippen molar-refractivity contribution in [3.8, 4) is 0 Å². The van der Waals surface area contributed by atoms with Crippen LogP contribution in [0.15, 0.2) is 29.1 Å². The molecule has 138 valence electrons. The maximum atomic E-state index is 12.6. The minimum Gasteiger partial charge on any atom is -0.447 e. The van der Waals surface area contributed by atoms with E-state index >= 15 is 0 Å². The van der Waals surface area contributed by atoms with Crippen LogP contribution in [-0.2, 0) is 16.1 Å². The van der Waals surface area contributed by atoms with Gasteiger partial charge in [-0.25, -0.2) is 14.3 Å². The maximum Gasteiger partial charge on any atom is 0.360 e. The number of aryl methyl sites for hydroxylation is 1. The quantitative estimate of drug-likeness (QED) is 0.757. The standard InChI is InChI=1S/C17H20N4O5/c1-4-21-15(23)11-8-6-5-7-10(11)12(20-21)16(24)26-13(9(2)3)14(22)19-17(18)25/h5-9,13H,4H2,1-3H3,(H3,18,19,22,25)/t13-/m0/s1. The number of urea groups is 1. The summed E-state index contributed by atoms with van der Waals surface area (Å²) in [6.45, 7) is 5.28. The van der Waals surface area contributed by atoms with Crippen LogP contribution in [0.2, 0.25) is 0 Å². The van der Waals surface area contributed by atoms with Gasteiger partial charge in [0.2, 0.25) is 0 Å². The van der Waals surface area contributed by atoms with Crippen LogP contribution >= 0.6 is 0 Å². The number of hydrogen-bond donors (Lipinski definition) is 2. The number of nitrogens with zero attached hydrogens (tertiary/aromatic N) is 2. The zero-order chi connectivity index (χ0) is 19.4. The summed E-state index contributed by atoms with van der Waals surface area (Å²) in [6, 6.07) is 5.46. The van der Waals surface area contributed by atoms with Crippen LogP contribution in [0.5, 0.6) is 0 Å². The third-order valence-corrected chi connectivity index (χ3v) is 3.70. The summed E-state index contributed by atoms with van der Waals surface area (Å²) in [5.41, 5.74) is 4.53. The molecule has 0 fully saturated rings. The molecule has 0 aliphatic heterocycles. The van der Waals surface area contributed by atoms with Gasteiger partial charge in [-0.3, -0.25) is 14.9 Å². The van der Waals surface area contributed by atoms with E-state index in [1.807, 2.05) is 5.32 Å². The number of ether oxygens (including phenoxy) is 1. The van der Waals surface area contributed by atoms with E-state index in [4.69, 9.17) is 10.5 Å². The molecule has 3 N–H and O–H groups in total. The average Bonchev–Trinajstić information content (AvgIpc) is 2.59. The Hall–Kier alpha value is -3.23. The SMILES string of the molecule is CCn1nc(C(=O)O[C@H](C(=O)NC(N)=O)C(C)C)c2ccccc2c1=O. The third-order valence-electron chi connectivity index (χ3n) is 3.70. The van der Waals surface area contributed by atoms with E-state index in [1.165, 1.54) is 0 Å². The number of aromatic nitrogens is 2. The number of hydrogen-bond acceptors (Lipinski definition) is 6. The minimum atomic E-state index is -1.24. The first-order valence-corrected chi connectivity index (χ1v) is 8.07.